The van der Waals surface area contributed by atoms with Crippen LogP contribution < -0.4 is 10.1 Å². The summed E-state index contributed by atoms with van der Waals surface area (Å²) in [7, 11) is -0.620. The Hall–Kier alpha value is -2.38. The van der Waals surface area contributed by atoms with Crippen molar-refractivity contribution in [3.8, 4) is 5.75 Å². The zero-order valence-corrected chi connectivity index (χ0v) is 18.1. The minimum Gasteiger partial charge on any atom is -0.493 e. The van der Waals surface area contributed by atoms with E-state index in [1.165, 1.54) is 25.7 Å². The number of sulfonamides is 1. The molecule has 2 aromatic carbocycles. The van der Waals surface area contributed by atoms with Gasteiger partial charge in [-0.1, -0.05) is 6.07 Å². The lowest BCUT2D eigenvalue weighted by atomic mass is 10.1. The Morgan fingerprint density at radius 2 is 1.68 bits per heavy atom. The summed E-state index contributed by atoms with van der Waals surface area (Å²) < 4.78 is 31.6. The van der Waals surface area contributed by atoms with Crippen molar-refractivity contribution in [1.29, 1.82) is 0 Å². The van der Waals surface area contributed by atoms with Gasteiger partial charge in [-0.2, -0.15) is 0 Å². The Kier molecular flexibility index (Phi) is 6.85. The lowest BCUT2D eigenvalue weighted by molar-refractivity contribution is -0.116. The first-order chi connectivity index (χ1) is 13.0. The summed E-state index contributed by atoms with van der Waals surface area (Å²) in [6, 6.07) is 8.91. The van der Waals surface area contributed by atoms with Crippen LogP contribution in [0, 0.1) is 27.7 Å². The van der Waals surface area contributed by atoms with Gasteiger partial charge in [0.2, 0.25) is 15.9 Å². The summed E-state index contributed by atoms with van der Waals surface area (Å²) in [5, 5.41) is 2.81. The number of anilines is 1. The van der Waals surface area contributed by atoms with E-state index in [4.69, 9.17) is 4.74 Å². The van der Waals surface area contributed by atoms with Crippen molar-refractivity contribution < 1.29 is 17.9 Å². The van der Waals surface area contributed by atoms with Crippen molar-refractivity contribution in [1.82, 2.24) is 4.31 Å². The highest BCUT2D eigenvalue weighted by Gasteiger charge is 2.20. The third-order valence-electron chi connectivity index (χ3n) is 4.77. The highest BCUT2D eigenvalue weighted by Crippen LogP contribution is 2.25. The van der Waals surface area contributed by atoms with E-state index in [-0.39, 0.29) is 23.8 Å². The average molecular weight is 405 g/mol. The maximum Gasteiger partial charge on any atom is 0.242 e. The number of ether oxygens (including phenoxy) is 1. The van der Waals surface area contributed by atoms with Crippen LogP contribution in [-0.2, 0) is 14.8 Å². The van der Waals surface area contributed by atoms with Crippen LogP contribution in [0.3, 0.4) is 0 Å². The predicted octanol–water partition coefficient (Wildman–Crippen LogP) is 3.58. The SMILES string of the molecule is Cc1ccc(OCCC(=O)Nc2cc(S(=O)(=O)N(C)C)cc(C)c2C)cc1C. The molecule has 1 amide bonds. The summed E-state index contributed by atoms with van der Waals surface area (Å²) in [6.45, 7) is 7.95. The molecule has 6 nitrogen and oxygen atoms in total. The number of aryl methyl sites for hydroxylation is 3. The van der Waals surface area contributed by atoms with Crippen molar-refractivity contribution in [2.24, 2.45) is 0 Å². The van der Waals surface area contributed by atoms with Gasteiger partial charge in [-0.15, -0.1) is 0 Å². The van der Waals surface area contributed by atoms with Gasteiger partial charge in [0.15, 0.2) is 0 Å². The molecule has 0 saturated heterocycles. The van der Waals surface area contributed by atoms with Crippen molar-refractivity contribution in [2.45, 2.75) is 39.0 Å². The van der Waals surface area contributed by atoms with E-state index < -0.39 is 10.0 Å². The number of hydrogen-bond donors (Lipinski definition) is 1. The van der Waals surface area contributed by atoms with Crippen LogP contribution in [0.15, 0.2) is 35.2 Å². The van der Waals surface area contributed by atoms with Gasteiger partial charge in [0, 0.05) is 19.8 Å². The molecule has 152 valence electrons. The largest absolute Gasteiger partial charge is 0.493 e. The Morgan fingerprint density at radius 1 is 1.00 bits per heavy atom. The maximum absolute atomic E-state index is 12.4. The van der Waals surface area contributed by atoms with Gasteiger partial charge in [-0.05, 0) is 74.2 Å². The Bertz CT molecular complexity index is 982. The quantitative estimate of drug-likeness (QED) is 0.765. The van der Waals surface area contributed by atoms with Gasteiger partial charge in [0.25, 0.3) is 0 Å². The Morgan fingerprint density at radius 3 is 2.29 bits per heavy atom. The van der Waals surface area contributed by atoms with Crippen LogP contribution in [0.4, 0.5) is 5.69 Å². The molecule has 28 heavy (non-hydrogen) atoms. The molecule has 0 atom stereocenters. The molecule has 0 saturated carbocycles. The first-order valence-electron chi connectivity index (χ1n) is 9.06. The first kappa shape index (κ1) is 21.9. The van der Waals surface area contributed by atoms with E-state index >= 15 is 0 Å². The number of hydrogen-bond acceptors (Lipinski definition) is 4. The third kappa shape index (κ3) is 5.11. The molecule has 0 fully saturated rings. The zero-order valence-electron chi connectivity index (χ0n) is 17.3. The van der Waals surface area contributed by atoms with Crippen LogP contribution in [0.25, 0.3) is 0 Å². The van der Waals surface area contributed by atoms with Crippen molar-refractivity contribution in [2.75, 3.05) is 26.0 Å². The van der Waals surface area contributed by atoms with Gasteiger partial charge in [-0.25, -0.2) is 12.7 Å². The zero-order chi connectivity index (χ0) is 21.1. The number of carbonyl (C=O) groups excluding carboxylic acids is 1. The van der Waals surface area contributed by atoms with E-state index in [2.05, 4.69) is 5.32 Å². The molecule has 0 bridgehead atoms. The first-order valence-corrected chi connectivity index (χ1v) is 10.5. The number of rotatable bonds is 7. The molecule has 0 aliphatic heterocycles. The van der Waals surface area contributed by atoms with Crippen molar-refractivity contribution >= 4 is 21.6 Å². The molecular formula is C21H28N2O4S. The topological polar surface area (TPSA) is 75.7 Å². The van der Waals surface area contributed by atoms with Crippen molar-refractivity contribution in [3.05, 3.63) is 52.6 Å². The van der Waals surface area contributed by atoms with Gasteiger partial charge in [0.1, 0.15) is 5.75 Å². The summed E-state index contributed by atoms with van der Waals surface area (Å²) in [6.07, 6.45) is 0.163. The molecule has 0 spiro atoms. The van der Waals surface area contributed by atoms with Gasteiger partial charge in [0.05, 0.1) is 17.9 Å². The molecule has 0 aliphatic rings. The summed E-state index contributed by atoms with van der Waals surface area (Å²) >= 11 is 0. The smallest absolute Gasteiger partial charge is 0.242 e. The number of amides is 1. The monoisotopic (exact) mass is 404 g/mol. The fourth-order valence-electron chi connectivity index (χ4n) is 2.59. The molecule has 1 N–H and O–H groups in total. The fraction of sp³-hybridized carbons (Fsp3) is 0.381. The molecule has 0 aromatic heterocycles. The molecule has 2 rings (SSSR count). The van der Waals surface area contributed by atoms with E-state index in [9.17, 15) is 13.2 Å². The summed E-state index contributed by atoms with van der Waals surface area (Å²) in [5.41, 5.74) is 4.44. The number of carbonyl (C=O) groups is 1. The van der Waals surface area contributed by atoms with E-state index in [1.807, 2.05) is 45.9 Å². The van der Waals surface area contributed by atoms with Crippen molar-refractivity contribution in [3.63, 3.8) is 0 Å². The molecule has 2 aromatic rings. The molecule has 0 unspecified atom stereocenters. The summed E-state index contributed by atoms with van der Waals surface area (Å²) in [4.78, 5) is 12.5. The number of benzene rings is 2. The van der Waals surface area contributed by atoms with Gasteiger partial charge < -0.3 is 10.1 Å². The molecular weight excluding hydrogens is 376 g/mol. The minimum absolute atomic E-state index is 0.155. The lowest BCUT2D eigenvalue weighted by Gasteiger charge is -2.16. The second kappa shape index (κ2) is 8.75. The third-order valence-corrected chi connectivity index (χ3v) is 6.56. The predicted molar refractivity (Wildman–Crippen MR) is 111 cm³/mol. The standard InChI is InChI=1S/C21H28N2O4S/c1-14-7-8-18(11-15(14)2)27-10-9-21(24)22-20-13-19(12-16(3)17(20)4)28(25,26)23(5)6/h7-8,11-13H,9-10H2,1-6H3,(H,22,24). The molecule has 0 radical (unpaired) electrons. The van der Waals surface area contributed by atoms with E-state index in [0.717, 1.165) is 26.7 Å². The van der Waals surface area contributed by atoms with E-state index in [0.29, 0.717) is 5.69 Å². The maximum atomic E-state index is 12.4. The number of nitrogens with zero attached hydrogens (tertiary/aromatic N) is 1. The van der Waals surface area contributed by atoms with Crippen LogP contribution in [-0.4, -0.2) is 39.3 Å². The average Bonchev–Trinajstić information content (AvgIpc) is 2.61. The normalized spacial score (nSPS) is 11.5. The second-order valence-electron chi connectivity index (χ2n) is 7.09. The Balaban J connectivity index is 2.06. The molecule has 0 heterocycles. The van der Waals surface area contributed by atoms with E-state index in [1.54, 1.807) is 6.07 Å². The minimum atomic E-state index is -3.58. The fourth-order valence-corrected chi connectivity index (χ4v) is 3.61. The van der Waals surface area contributed by atoms with Crippen LogP contribution >= 0.6 is 0 Å². The molecule has 0 aliphatic carbocycles. The number of nitrogens with one attached hydrogen (secondary N) is 1. The lowest BCUT2D eigenvalue weighted by Crippen LogP contribution is -2.23. The highest BCUT2D eigenvalue weighted by atomic mass is 32.2. The Labute approximate surface area is 167 Å². The second-order valence-corrected chi connectivity index (χ2v) is 9.24. The highest BCUT2D eigenvalue weighted by molar-refractivity contribution is 7.89. The van der Waals surface area contributed by atoms with Crippen LogP contribution in [0.1, 0.15) is 28.7 Å². The van der Waals surface area contributed by atoms with Crippen LogP contribution in [0.5, 0.6) is 5.75 Å². The van der Waals surface area contributed by atoms with Gasteiger partial charge in [-0.3, -0.25) is 4.79 Å². The molecule has 7 heteroatoms. The van der Waals surface area contributed by atoms with Gasteiger partial charge >= 0.3 is 0 Å². The summed E-state index contributed by atoms with van der Waals surface area (Å²) in [5.74, 6) is 0.493. The van der Waals surface area contributed by atoms with Crippen LogP contribution in [0.2, 0.25) is 0 Å².